The number of nitrogens with one attached hydrogen (secondary N) is 1. The van der Waals surface area contributed by atoms with Crippen LogP contribution in [0, 0.1) is 20.8 Å². The molecule has 4 aromatic rings. The molecule has 0 aliphatic carbocycles. The molecule has 0 atom stereocenters. The van der Waals surface area contributed by atoms with Crippen LogP contribution in [0.25, 0.3) is 17.1 Å². The third kappa shape index (κ3) is 4.19. The van der Waals surface area contributed by atoms with Gasteiger partial charge in [0.05, 0.1) is 5.69 Å². The van der Waals surface area contributed by atoms with Crippen molar-refractivity contribution in [3.8, 4) is 17.1 Å². The SMILES string of the molecule is Cc1ccc(-c2nc(C(=O)Nc3ccc(Br)cc3)nn2-c2ccc(C)cc2C)cc1. The Kier molecular flexibility index (Phi) is 5.50. The van der Waals surface area contributed by atoms with E-state index in [0.29, 0.717) is 11.5 Å². The molecule has 6 heteroatoms. The molecule has 1 aromatic heterocycles. The van der Waals surface area contributed by atoms with E-state index < -0.39 is 0 Å². The Balaban J connectivity index is 1.78. The minimum absolute atomic E-state index is 0.119. The zero-order valence-electron chi connectivity index (χ0n) is 17.0. The smallest absolute Gasteiger partial charge is 0.295 e. The molecule has 1 amide bonds. The molecule has 0 saturated heterocycles. The molecule has 0 aliphatic heterocycles. The molecular weight excluding hydrogens is 440 g/mol. The van der Waals surface area contributed by atoms with Gasteiger partial charge in [-0.3, -0.25) is 4.79 Å². The number of rotatable bonds is 4. The monoisotopic (exact) mass is 460 g/mol. The van der Waals surface area contributed by atoms with E-state index in [1.165, 1.54) is 5.56 Å². The molecule has 0 radical (unpaired) electrons. The molecule has 0 saturated carbocycles. The van der Waals surface area contributed by atoms with Gasteiger partial charge in [-0.1, -0.05) is 63.5 Å². The van der Waals surface area contributed by atoms with Crippen molar-refractivity contribution in [2.75, 3.05) is 5.32 Å². The van der Waals surface area contributed by atoms with E-state index in [9.17, 15) is 4.79 Å². The first-order chi connectivity index (χ1) is 14.4. The van der Waals surface area contributed by atoms with E-state index >= 15 is 0 Å². The summed E-state index contributed by atoms with van der Waals surface area (Å²) in [5.41, 5.74) is 5.87. The third-order valence-electron chi connectivity index (χ3n) is 4.80. The van der Waals surface area contributed by atoms with Crippen molar-refractivity contribution in [1.82, 2.24) is 14.8 Å². The largest absolute Gasteiger partial charge is 0.319 e. The van der Waals surface area contributed by atoms with Crippen LogP contribution in [-0.2, 0) is 0 Å². The van der Waals surface area contributed by atoms with Gasteiger partial charge in [-0.2, -0.15) is 0 Å². The highest BCUT2D eigenvalue weighted by molar-refractivity contribution is 9.10. The van der Waals surface area contributed by atoms with Gasteiger partial charge in [-0.05, 0) is 56.7 Å². The minimum Gasteiger partial charge on any atom is -0.319 e. The summed E-state index contributed by atoms with van der Waals surface area (Å²) in [6.07, 6.45) is 0. The van der Waals surface area contributed by atoms with Gasteiger partial charge >= 0.3 is 0 Å². The van der Waals surface area contributed by atoms with Crippen molar-refractivity contribution >= 4 is 27.5 Å². The molecule has 0 fully saturated rings. The second-order valence-electron chi connectivity index (χ2n) is 7.29. The fourth-order valence-corrected chi connectivity index (χ4v) is 3.49. The Bertz CT molecular complexity index is 1210. The van der Waals surface area contributed by atoms with Crippen molar-refractivity contribution < 1.29 is 4.79 Å². The minimum atomic E-state index is -0.353. The summed E-state index contributed by atoms with van der Waals surface area (Å²) in [5, 5.41) is 7.43. The molecule has 150 valence electrons. The summed E-state index contributed by atoms with van der Waals surface area (Å²) in [4.78, 5) is 17.5. The number of halogens is 1. The highest BCUT2D eigenvalue weighted by Gasteiger charge is 2.20. The fraction of sp³-hybridized carbons (Fsp3) is 0.125. The maximum atomic E-state index is 12.9. The number of carbonyl (C=O) groups is 1. The molecule has 5 nitrogen and oxygen atoms in total. The first-order valence-electron chi connectivity index (χ1n) is 9.59. The molecule has 1 heterocycles. The van der Waals surface area contributed by atoms with Gasteiger partial charge in [0.2, 0.25) is 5.82 Å². The van der Waals surface area contributed by atoms with Crippen LogP contribution >= 0.6 is 15.9 Å². The summed E-state index contributed by atoms with van der Waals surface area (Å²) in [6.45, 7) is 6.12. The Morgan fingerprint density at radius 2 is 1.57 bits per heavy atom. The van der Waals surface area contributed by atoms with E-state index in [4.69, 9.17) is 0 Å². The summed E-state index contributed by atoms with van der Waals surface area (Å²) in [7, 11) is 0. The highest BCUT2D eigenvalue weighted by Crippen LogP contribution is 2.25. The predicted molar refractivity (Wildman–Crippen MR) is 123 cm³/mol. The quantitative estimate of drug-likeness (QED) is 0.413. The Morgan fingerprint density at radius 3 is 2.23 bits per heavy atom. The van der Waals surface area contributed by atoms with Gasteiger partial charge in [-0.25, -0.2) is 9.67 Å². The zero-order chi connectivity index (χ0) is 21.3. The molecule has 1 N–H and O–H groups in total. The van der Waals surface area contributed by atoms with Crippen LogP contribution in [0.15, 0.2) is 71.2 Å². The first kappa shape index (κ1) is 20.0. The van der Waals surface area contributed by atoms with Crippen molar-refractivity contribution in [2.45, 2.75) is 20.8 Å². The lowest BCUT2D eigenvalue weighted by Gasteiger charge is -2.10. The van der Waals surface area contributed by atoms with Crippen LogP contribution in [0.3, 0.4) is 0 Å². The summed E-state index contributed by atoms with van der Waals surface area (Å²) < 4.78 is 2.69. The number of benzene rings is 3. The van der Waals surface area contributed by atoms with Gasteiger partial charge in [0.25, 0.3) is 5.91 Å². The normalized spacial score (nSPS) is 10.8. The summed E-state index contributed by atoms with van der Waals surface area (Å²) >= 11 is 3.40. The average molecular weight is 461 g/mol. The maximum absolute atomic E-state index is 12.9. The third-order valence-corrected chi connectivity index (χ3v) is 5.33. The highest BCUT2D eigenvalue weighted by atomic mass is 79.9. The first-order valence-corrected chi connectivity index (χ1v) is 10.4. The second kappa shape index (κ2) is 8.24. The lowest BCUT2D eigenvalue weighted by molar-refractivity contribution is 0.101. The van der Waals surface area contributed by atoms with E-state index in [1.807, 2.05) is 74.5 Å². The number of carbonyl (C=O) groups excluding carboxylic acids is 1. The van der Waals surface area contributed by atoms with Crippen LogP contribution in [0.5, 0.6) is 0 Å². The average Bonchev–Trinajstić information content (AvgIpc) is 3.15. The van der Waals surface area contributed by atoms with Gasteiger partial charge in [0.15, 0.2) is 5.82 Å². The van der Waals surface area contributed by atoms with Crippen LogP contribution in [-0.4, -0.2) is 20.7 Å². The summed E-state index contributed by atoms with van der Waals surface area (Å²) in [6, 6.07) is 21.6. The molecule has 3 aromatic carbocycles. The molecule has 0 aliphatic rings. The summed E-state index contributed by atoms with van der Waals surface area (Å²) in [5.74, 6) is 0.394. The van der Waals surface area contributed by atoms with Gasteiger partial charge in [0.1, 0.15) is 0 Å². The second-order valence-corrected chi connectivity index (χ2v) is 8.20. The maximum Gasteiger partial charge on any atom is 0.295 e. The molecule has 30 heavy (non-hydrogen) atoms. The van der Waals surface area contributed by atoms with E-state index in [2.05, 4.69) is 44.3 Å². The van der Waals surface area contributed by atoms with Crippen molar-refractivity contribution in [2.24, 2.45) is 0 Å². The van der Waals surface area contributed by atoms with E-state index in [-0.39, 0.29) is 11.7 Å². The standard InChI is InChI=1S/C24H21BrN4O/c1-15-4-7-18(8-5-15)23-27-22(24(30)26-20-11-9-19(25)10-12-20)28-29(23)21-13-6-16(2)14-17(21)3/h4-14H,1-3H3,(H,26,30). The Labute approximate surface area is 183 Å². The lowest BCUT2D eigenvalue weighted by Crippen LogP contribution is -2.14. The number of amides is 1. The fourth-order valence-electron chi connectivity index (χ4n) is 3.23. The molecule has 0 spiro atoms. The molecule has 0 unspecified atom stereocenters. The zero-order valence-corrected chi connectivity index (χ0v) is 18.6. The number of aryl methyl sites for hydroxylation is 3. The van der Waals surface area contributed by atoms with Crippen molar-refractivity contribution in [1.29, 1.82) is 0 Å². The number of hydrogen-bond donors (Lipinski definition) is 1. The molecule has 4 rings (SSSR count). The number of nitrogens with zero attached hydrogens (tertiary/aromatic N) is 3. The van der Waals surface area contributed by atoms with Gasteiger partial charge in [-0.15, -0.1) is 5.10 Å². The van der Waals surface area contributed by atoms with Gasteiger partial charge in [0, 0.05) is 15.7 Å². The van der Waals surface area contributed by atoms with Crippen LogP contribution in [0.4, 0.5) is 5.69 Å². The topological polar surface area (TPSA) is 59.8 Å². The van der Waals surface area contributed by atoms with Gasteiger partial charge < -0.3 is 5.32 Å². The lowest BCUT2D eigenvalue weighted by atomic mass is 10.1. The van der Waals surface area contributed by atoms with Crippen LogP contribution in [0.2, 0.25) is 0 Å². The Hall–Kier alpha value is -3.25. The van der Waals surface area contributed by atoms with E-state index in [0.717, 1.165) is 26.9 Å². The number of aromatic nitrogens is 3. The number of hydrogen-bond acceptors (Lipinski definition) is 3. The van der Waals surface area contributed by atoms with E-state index in [1.54, 1.807) is 4.68 Å². The predicted octanol–water partition coefficient (Wildman–Crippen LogP) is 5.87. The Morgan fingerprint density at radius 1 is 0.900 bits per heavy atom. The van der Waals surface area contributed by atoms with Crippen molar-refractivity contribution in [3.63, 3.8) is 0 Å². The van der Waals surface area contributed by atoms with Crippen LogP contribution < -0.4 is 5.32 Å². The number of anilines is 1. The van der Waals surface area contributed by atoms with Crippen molar-refractivity contribution in [3.05, 3.63) is 93.7 Å². The molecular formula is C24H21BrN4O. The van der Waals surface area contributed by atoms with Crippen LogP contribution in [0.1, 0.15) is 27.3 Å². The molecule has 0 bridgehead atoms.